The number of ether oxygens (including phenoxy) is 1. The summed E-state index contributed by atoms with van der Waals surface area (Å²) in [6.45, 7) is 3.22. The van der Waals surface area contributed by atoms with Gasteiger partial charge in [-0.25, -0.2) is 4.98 Å². The number of amides is 1. The fourth-order valence-electron chi connectivity index (χ4n) is 3.58. The number of hydrogen-bond donors (Lipinski definition) is 0. The van der Waals surface area contributed by atoms with Crippen LogP contribution in [0.15, 0.2) is 58.4 Å². The summed E-state index contributed by atoms with van der Waals surface area (Å²) in [5.74, 6) is -0.645. The van der Waals surface area contributed by atoms with Gasteiger partial charge in [0, 0.05) is 31.0 Å². The van der Waals surface area contributed by atoms with E-state index in [0.717, 1.165) is 0 Å². The van der Waals surface area contributed by atoms with E-state index in [1.165, 1.54) is 28.7 Å². The van der Waals surface area contributed by atoms with Gasteiger partial charge in [-0.3, -0.25) is 14.0 Å². The van der Waals surface area contributed by atoms with Gasteiger partial charge >= 0.3 is 0 Å². The summed E-state index contributed by atoms with van der Waals surface area (Å²) in [5, 5.41) is 10.6. The number of halogens is 2. The minimum Gasteiger partial charge on any atom is -0.382 e. The first-order valence-corrected chi connectivity index (χ1v) is 11.3. The van der Waals surface area contributed by atoms with Crippen molar-refractivity contribution in [3.8, 4) is 6.07 Å². The molecule has 1 amide bonds. The van der Waals surface area contributed by atoms with E-state index in [1.54, 1.807) is 29.0 Å². The molecule has 3 aromatic heterocycles. The Bertz CT molecular complexity index is 1580. The lowest BCUT2D eigenvalue weighted by Gasteiger charge is -2.13. The molecular weight excluding hydrogens is 477 g/mol. The molecular formula is C24H19Cl2N5O3. The number of benzene rings is 1. The number of pyridine rings is 2. The van der Waals surface area contributed by atoms with Crippen LogP contribution in [-0.2, 0) is 11.3 Å². The van der Waals surface area contributed by atoms with Crippen LogP contribution in [0.2, 0.25) is 10.0 Å². The lowest BCUT2D eigenvalue weighted by molar-refractivity contribution is 0.0997. The number of nitrogens with zero attached hydrogens (tertiary/aromatic N) is 5. The van der Waals surface area contributed by atoms with Crippen LogP contribution < -0.4 is 11.0 Å². The molecule has 0 aliphatic heterocycles. The van der Waals surface area contributed by atoms with Crippen LogP contribution >= 0.6 is 23.2 Å². The molecule has 4 aromatic rings. The Balaban J connectivity index is 2.01. The molecule has 0 spiro atoms. The lowest BCUT2D eigenvalue weighted by atomic mass is 10.2. The van der Waals surface area contributed by atoms with Gasteiger partial charge in [0.2, 0.25) is 0 Å². The number of carbonyl (C=O) groups excluding carboxylic acids is 1. The van der Waals surface area contributed by atoms with Gasteiger partial charge in [-0.1, -0.05) is 29.3 Å². The molecule has 0 saturated heterocycles. The first-order valence-electron chi connectivity index (χ1n) is 10.5. The summed E-state index contributed by atoms with van der Waals surface area (Å²) in [4.78, 5) is 35.1. The van der Waals surface area contributed by atoms with Gasteiger partial charge < -0.3 is 9.30 Å². The molecule has 0 aliphatic rings. The van der Waals surface area contributed by atoms with Crippen LogP contribution in [0, 0.1) is 11.3 Å². The van der Waals surface area contributed by atoms with Gasteiger partial charge in [0.15, 0.2) is 5.49 Å². The smallest absolute Gasteiger partial charge is 0.280 e. The Morgan fingerprint density at radius 1 is 1.24 bits per heavy atom. The first kappa shape index (κ1) is 23.6. The summed E-state index contributed by atoms with van der Waals surface area (Å²) in [6.07, 6.45) is 2.16. The monoisotopic (exact) mass is 495 g/mol. The maximum atomic E-state index is 13.2. The minimum absolute atomic E-state index is 0.0668. The van der Waals surface area contributed by atoms with Crippen molar-refractivity contribution in [3.63, 3.8) is 0 Å². The van der Waals surface area contributed by atoms with Crippen LogP contribution in [0.1, 0.15) is 29.3 Å². The van der Waals surface area contributed by atoms with E-state index in [9.17, 15) is 14.9 Å². The average Bonchev–Trinajstić information content (AvgIpc) is 2.82. The van der Waals surface area contributed by atoms with E-state index in [2.05, 4.69) is 16.0 Å². The van der Waals surface area contributed by atoms with Gasteiger partial charge in [0.25, 0.3) is 11.5 Å². The molecule has 172 valence electrons. The molecule has 0 radical (unpaired) electrons. The van der Waals surface area contributed by atoms with E-state index < -0.39 is 5.91 Å². The molecule has 0 N–H and O–H groups in total. The highest BCUT2D eigenvalue weighted by Gasteiger charge is 2.16. The number of nitriles is 1. The topological polar surface area (TPSA) is 102 Å². The fourth-order valence-corrected chi connectivity index (χ4v) is 4.07. The maximum Gasteiger partial charge on any atom is 0.280 e. The zero-order valence-corrected chi connectivity index (χ0v) is 19.7. The molecule has 34 heavy (non-hydrogen) atoms. The molecule has 10 heteroatoms. The minimum atomic E-state index is -0.645. The molecule has 3 heterocycles. The molecule has 0 unspecified atom stereocenters. The zero-order chi connectivity index (χ0) is 24.2. The lowest BCUT2D eigenvalue weighted by Crippen LogP contribution is -2.30. The number of fused-ring (bicyclic) bond motifs is 2. The van der Waals surface area contributed by atoms with Gasteiger partial charge in [-0.15, -0.1) is 0 Å². The summed E-state index contributed by atoms with van der Waals surface area (Å²) in [7, 11) is 0. The third kappa shape index (κ3) is 4.59. The Morgan fingerprint density at radius 2 is 2.06 bits per heavy atom. The predicted octanol–water partition coefficient (Wildman–Crippen LogP) is 4.00. The number of carbonyl (C=O) groups is 1. The number of rotatable bonds is 6. The molecule has 0 fully saturated rings. The Labute approximate surface area is 204 Å². The van der Waals surface area contributed by atoms with Gasteiger partial charge in [0.1, 0.15) is 17.4 Å². The van der Waals surface area contributed by atoms with Crippen molar-refractivity contribution < 1.29 is 9.53 Å². The Kier molecular flexibility index (Phi) is 7.08. The number of hydrogen-bond acceptors (Lipinski definition) is 5. The highest BCUT2D eigenvalue weighted by atomic mass is 35.5. The van der Waals surface area contributed by atoms with Crippen LogP contribution in [0.3, 0.4) is 0 Å². The van der Waals surface area contributed by atoms with E-state index in [4.69, 9.17) is 27.9 Å². The van der Waals surface area contributed by atoms with Gasteiger partial charge in [-0.2, -0.15) is 10.3 Å². The SMILES string of the molecule is CCOCCCn1c(=NC(=O)c2ccc(Cl)cc2Cl)c(C#N)cc2c(=O)n3ccccc3nc21. The van der Waals surface area contributed by atoms with Crippen molar-refractivity contribution in [2.75, 3.05) is 13.2 Å². The van der Waals surface area contributed by atoms with Crippen molar-refractivity contribution in [3.05, 3.63) is 85.7 Å². The highest BCUT2D eigenvalue weighted by Crippen LogP contribution is 2.21. The third-order valence-electron chi connectivity index (χ3n) is 5.15. The number of aromatic nitrogens is 3. The molecule has 0 atom stereocenters. The van der Waals surface area contributed by atoms with E-state index in [1.807, 2.05) is 6.92 Å². The highest BCUT2D eigenvalue weighted by molar-refractivity contribution is 6.36. The van der Waals surface area contributed by atoms with Crippen LogP contribution in [0.5, 0.6) is 0 Å². The molecule has 4 rings (SSSR count). The largest absolute Gasteiger partial charge is 0.382 e. The first-order chi connectivity index (χ1) is 16.4. The van der Waals surface area contributed by atoms with Crippen molar-refractivity contribution >= 4 is 45.8 Å². The van der Waals surface area contributed by atoms with E-state index in [0.29, 0.717) is 42.5 Å². The van der Waals surface area contributed by atoms with Crippen molar-refractivity contribution in [1.29, 1.82) is 5.26 Å². The molecule has 0 bridgehead atoms. The van der Waals surface area contributed by atoms with Gasteiger partial charge in [0.05, 0.1) is 21.5 Å². The van der Waals surface area contributed by atoms with Crippen molar-refractivity contribution in [2.45, 2.75) is 19.9 Å². The summed E-state index contributed by atoms with van der Waals surface area (Å²) in [5.41, 5.74) is 0.727. The second kappa shape index (κ2) is 10.2. The zero-order valence-electron chi connectivity index (χ0n) is 18.2. The fraction of sp³-hybridized carbons (Fsp3) is 0.208. The Hall–Kier alpha value is -3.51. The van der Waals surface area contributed by atoms with E-state index in [-0.39, 0.29) is 32.6 Å². The summed E-state index contributed by atoms with van der Waals surface area (Å²) >= 11 is 12.1. The number of aryl methyl sites for hydroxylation is 1. The maximum absolute atomic E-state index is 13.2. The Morgan fingerprint density at radius 3 is 2.79 bits per heavy atom. The van der Waals surface area contributed by atoms with Crippen LogP contribution in [0.4, 0.5) is 0 Å². The van der Waals surface area contributed by atoms with Crippen LogP contribution in [0.25, 0.3) is 16.7 Å². The third-order valence-corrected chi connectivity index (χ3v) is 5.70. The van der Waals surface area contributed by atoms with E-state index >= 15 is 0 Å². The molecule has 1 aromatic carbocycles. The van der Waals surface area contributed by atoms with Crippen molar-refractivity contribution in [2.24, 2.45) is 4.99 Å². The second-order valence-corrected chi connectivity index (χ2v) is 8.16. The normalized spacial score (nSPS) is 11.8. The van der Waals surface area contributed by atoms with Crippen molar-refractivity contribution in [1.82, 2.24) is 14.0 Å². The predicted molar refractivity (Wildman–Crippen MR) is 129 cm³/mol. The summed E-state index contributed by atoms with van der Waals surface area (Å²) in [6, 6.07) is 13.1. The standard InChI is InChI=1S/C24H19Cl2N5O3/c1-2-34-11-5-10-31-21(29-23(32)17-8-7-16(25)13-19(17)26)15(14-27)12-18-22(31)28-20-6-3-4-9-30(20)24(18)33/h3-4,6-9,12-13H,2,5,10-11H2,1H3. The van der Waals surface area contributed by atoms with Crippen LogP contribution in [-0.4, -0.2) is 33.1 Å². The molecule has 0 aliphatic carbocycles. The quantitative estimate of drug-likeness (QED) is 0.297. The molecule has 8 nitrogen and oxygen atoms in total. The summed E-state index contributed by atoms with van der Waals surface area (Å²) < 4.78 is 8.46. The van der Waals surface area contributed by atoms with Gasteiger partial charge in [-0.05, 0) is 49.7 Å². The average molecular weight is 496 g/mol. The second-order valence-electron chi connectivity index (χ2n) is 7.32. The molecule has 0 saturated carbocycles.